The standard InChI is InChI=1S/C17H14ClN7O/c1-10-14(16(26)21-13-6-4-12(18)5-7-13)15(11-3-2-8-19-9-11)25-17(20-10)22-23-24-25/h2-9,15H,1H3,(H,21,26)(H,20,22,24)/t15-/m1/s1. The van der Waals surface area contributed by atoms with E-state index in [9.17, 15) is 4.79 Å². The van der Waals surface area contributed by atoms with Crippen molar-refractivity contribution in [3.63, 3.8) is 0 Å². The second kappa shape index (κ2) is 6.57. The minimum atomic E-state index is -0.484. The van der Waals surface area contributed by atoms with Crippen LogP contribution in [0.2, 0.25) is 5.02 Å². The van der Waals surface area contributed by atoms with Gasteiger partial charge in [0.1, 0.15) is 6.04 Å². The van der Waals surface area contributed by atoms with Crippen LogP contribution in [-0.4, -0.2) is 31.1 Å². The highest BCUT2D eigenvalue weighted by Gasteiger charge is 2.34. The van der Waals surface area contributed by atoms with Crippen molar-refractivity contribution in [2.45, 2.75) is 13.0 Å². The molecule has 2 N–H and O–H groups in total. The summed E-state index contributed by atoms with van der Waals surface area (Å²) in [6.45, 7) is 1.82. The van der Waals surface area contributed by atoms with Gasteiger partial charge >= 0.3 is 0 Å². The lowest BCUT2D eigenvalue weighted by Gasteiger charge is -2.27. The van der Waals surface area contributed by atoms with E-state index in [4.69, 9.17) is 11.6 Å². The number of amides is 1. The quantitative estimate of drug-likeness (QED) is 0.738. The molecule has 3 aromatic rings. The molecule has 1 amide bonds. The molecule has 0 aliphatic carbocycles. The highest BCUT2D eigenvalue weighted by molar-refractivity contribution is 6.30. The van der Waals surface area contributed by atoms with Crippen molar-refractivity contribution in [2.24, 2.45) is 0 Å². The van der Waals surface area contributed by atoms with Crippen LogP contribution in [0.4, 0.5) is 11.6 Å². The number of benzene rings is 1. The molecule has 2 aromatic heterocycles. The van der Waals surface area contributed by atoms with E-state index in [0.717, 1.165) is 5.56 Å². The van der Waals surface area contributed by atoms with E-state index < -0.39 is 6.04 Å². The lowest BCUT2D eigenvalue weighted by atomic mass is 9.96. The number of anilines is 2. The summed E-state index contributed by atoms with van der Waals surface area (Å²) in [6.07, 6.45) is 3.37. The summed E-state index contributed by atoms with van der Waals surface area (Å²) in [7, 11) is 0. The van der Waals surface area contributed by atoms with Crippen LogP contribution >= 0.6 is 11.6 Å². The minimum Gasteiger partial charge on any atom is -0.326 e. The summed E-state index contributed by atoms with van der Waals surface area (Å²) in [4.78, 5) is 17.2. The maximum atomic E-state index is 13.0. The highest BCUT2D eigenvalue weighted by atomic mass is 35.5. The number of hydrogen-bond donors (Lipinski definition) is 2. The Hall–Kier alpha value is -3.26. The van der Waals surface area contributed by atoms with Crippen molar-refractivity contribution in [3.8, 4) is 0 Å². The molecular formula is C17H14ClN7O. The van der Waals surface area contributed by atoms with Gasteiger partial charge in [0, 0.05) is 28.8 Å². The molecule has 0 radical (unpaired) electrons. The van der Waals surface area contributed by atoms with Crippen molar-refractivity contribution in [2.75, 3.05) is 10.6 Å². The van der Waals surface area contributed by atoms with Crippen LogP contribution in [0.5, 0.6) is 0 Å². The van der Waals surface area contributed by atoms with Gasteiger partial charge in [0.25, 0.3) is 5.91 Å². The number of fused-ring (bicyclic) bond motifs is 1. The molecular weight excluding hydrogens is 354 g/mol. The second-order valence-electron chi connectivity index (χ2n) is 5.76. The van der Waals surface area contributed by atoms with Crippen LogP contribution in [-0.2, 0) is 4.79 Å². The van der Waals surface area contributed by atoms with Crippen LogP contribution in [0.1, 0.15) is 18.5 Å². The number of nitrogens with zero attached hydrogens (tertiary/aromatic N) is 5. The number of tetrazole rings is 1. The van der Waals surface area contributed by atoms with Crippen LogP contribution in [0.25, 0.3) is 0 Å². The van der Waals surface area contributed by atoms with Crippen LogP contribution in [0.3, 0.4) is 0 Å². The fourth-order valence-corrected chi connectivity index (χ4v) is 3.01. The lowest BCUT2D eigenvalue weighted by molar-refractivity contribution is -0.113. The van der Waals surface area contributed by atoms with E-state index >= 15 is 0 Å². The van der Waals surface area contributed by atoms with Crippen molar-refractivity contribution >= 4 is 29.1 Å². The molecule has 26 heavy (non-hydrogen) atoms. The van der Waals surface area contributed by atoms with Crippen molar-refractivity contribution in [3.05, 3.63) is 70.6 Å². The first-order valence-electron chi connectivity index (χ1n) is 7.86. The molecule has 0 saturated heterocycles. The normalized spacial score (nSPS) is 16.0. The maximum absolute atomic E-state index is 13.0. The molecule has 1 aromatic carbocycles. The molecule has 4 rings (SSSR count). The van der Waals surface area contributed by atoms with Gasteiger partial charge in [-0.15, -0.1) is 0 Å². The Morgan fingerprint density at radius 3 is 2.81 bits per heavy atom. The molecule has 8 nitrogen and oxygen atoms in total. The maximum Gasteiger partial charge on any atom is 0.255 e. The molecule has 1 aliphatic rings. The molecule has 0 unspecified atom stereocenters. The Morgan fingerprint density at radius 2 is 2.08 bits per heavy atom. The van der Waals surface area contributed by atoms with Gasteiger partial charge in [-0.2, -0.15) is 4.68 Å². The van der Waals surface area contributed by atoms with Gasteiger partial charge < -0.3 is 10.6 Å². The van der Waals surface area contributed by atoms with E-state index in [1.54, 1.807) is 41.3 Å². The first-order valence-corrected chi connectivity index (χ1v) is 8.24. The SMILES string of the molecule is CC1=C(C(=O)Nc2ccc(Cl)cc2)[C@@H](c2cccnc2)n2nnnc2N1. The Labute approximate surface area is 153 Å². The molecule has 1 atom stereocenters. The van der Waals surface area contributed by atoms with Crippen LogP contribution in [0.15, 0.2) is 60.1 Å². The minimum absolute atomic E-state index is 0.257. The van der Waals surface area contributed by atoms with Gasteiger partial charge in [0.05, 0.1) is 5.57 Å². The predicted molar refractivity (Wildman–Crippen MR) is 96.6 cm³/mol. The average Bonchev–Trinajstić information content (AvgIpc) is 3.11. The number of carbonyl (C=O) groups excluding carboxylic acids is 1. The fourth-order valence-electron chi connectivity index (χ4n) is 2.88. The number of hydrogen-bond acceptors (Lipinski definition) is 6. The largest absolute Gasteiger partial charge is 0.326 e. The van der Waals surface area contributed by atoms with Gasteiger partial charge in [-0.3, -0.25) is 9.78 Å². The monoisotopic (exact) mass is 367 g/mol. The summed E-state index contributed by atoms with van der Waals surface area (Å²) in [5, 5.41) is 18.3. The summed E-state index contributed by atoms with van der Waals surface area (Å²) in [5.74, 6) is 0.215. The Balaban J connectivity index is 1.74. The summed E-state index contributed by atoms with van der Waals surface area (Å²) >= 11 is 5.90. The number of halogens is 1. The number of pyridine rings is 1. The molecule has 0 fully saturated rings. The van der Waals surface area contributed by atoms with E-state index in [1.165, 1.54) is 0 Å². The molecule has 0 spiro atoms. The van der Waals surface area contributed by atoms with Gasteiger partial charge in [-0.05, 0) is 53.2 Å². The second-order valence-corrected chi connectivity index (χ2v) is 6.20. The number of carbonyl (C=O) groups is 1. The van der Waals surface area contributed by atoms with E-state index in [-0.39, 0.29) is 5.91 Å². The van der Waals surface area contributed by atoms with Crippen molar-refractivity contribution in [1.29, 1.82) is 0 Å². The van der Waals surface area contributed by atoms with Gasteiger partial charge in [-0.1, -0.05) is 22.8 Å². The summed E-state index contributed by atoms with van der Waals surface area (Å²) in [5.41, 5.74) is 2.63. The smallest absolute Gasteiger partial charge is 0.255 e. The third-order valence-electron chi connectivity index (χ3n) is 4.06. The van der Waals surface area contributed by atoms with Gasteiger partial charge in [-0.25, -0.2) is 0 Å². The Kier molecular flexibility index (Phi) is 4.10. The molecule has 0 saturated carbocycles. The van der Waals surface area contributed by atoms with E-state index in [0.29, 0.717) is 27.9 Å². The molecule has 130 valence electrons. The summed E-state index contributed by atoms with van der Waals surface area (Å²) in [6, 6.07) is 10.1. The third-order valence-corrected chi connectivity index (χ3v) is 4.31. The first-order chi connectivity index (χ1) is 12.6. The van der Waals surface area contributed by atoms with Crippen LogP contribution in [0, 0.1) is 0 Å². The number of allylic oxidation sites excluding steroid dienone is 1. The highest BCUT2D eigenvalue weighted by Crippen LogP contribution is 2.34. The Bertz CT molecular complexity index is 982. The Morgan fingerprint density at radius 1 is 1.27 bits per heavy atom. The van der Waals surface area contributed by atoms with E-state index in [2.05, 4.69) is 31.1 Å². The van der Waals surface area contributed by atoms with Crippen LogP contribution < -0.4 is 10.6 Å². The number of aromatic nitrogens is 5. The van der Waals surface area contributed by atoms with Gasteiger partial charge in [0.15, 0.2) is 0 Å². The van der Waals surface area contributed by atoms with Crippen molar-refractivity contribution in [1.82, 2.24) is 25.2 Å². The third kappa shape index (κ3) is 2.91. The molecule has 3 heterocycles. The molecule has 0 bridgehead atoms. The fraction of sp³-hybridized carbons (Fsp3) is 0.118. The van der Waals surface area contributed by atoms with Crippen molar-refractivity contribution < 1.29 is 4.79 Å². The average molecular weight is 368 g/mol. The topological polar surface area (TPSA) is 97.6 Å². The number of rotatable bonds is 3. The zero-order valence-corrected chi connectivity index (χ0v) is 14.5. The number of nitrogens with one attached hydrogen (secondary N) is 2. The van der Waals surface area contributed by atoms with E-state index in [1.807, 2.05) is 19.1 Å². The summed E-state index contributed by atoms with van der Waals surface area (Å²) < 4.78 is 1.57. The zero-order chi connectivity index (χ0) is 18.1. The zero-order valence-electron chi connectivity index (χ0n) is 13.7. The molecule has 9 heteroatoms. The molecule has 1 aliphatic heterocycles. The first kappa shape index (κ1) is 16.2. The van der Waals surface area contributed by atoms with Gasteiger partial charge in [0.2, 0.25) is 5.95 Å². The lowest BCUT2D eigenvalue weighted by Crippen LogP contribution is -2.31. The predicted octanol–water partition coefficient (Wildman–Crippen LogP) is 2.65.